The summed E-state index contributed by atoms with van der Waals surface area (Å²) in [6.07, 6.45) is 7.15. The molecule has 29 heavy (non-hydrogen) atoms. The van der Waals surface area contributed by atoms with Gasteiger partial charge in [-0.1, -0.05) is 13.0 Å². The smallest absolute Gasteiger partial charge is 0.191 e. The Morgan fingerprint density at radius 3 is 2.72 bits per heavy atom. The van der Waals surface area contributed by atoms with Crippen LogP contribution in [0.4, 0.5) is 4.39 Å². The van der Waals surface area contributed by atoms with Gasteiger partial charge in [0.1, 0.15) is 11.6 Å². The summed E-state index contributed by atoms with van der Waals surface area (Å²) in [6.45, 7) is 9.14. The minimum atomic E-state index is -0.260. The molecule has 1 aliphatic rings. The number of hydrogen-bond acceptors (Lipinski definition) is 3. The minimum Gasteiger partial charge on any atom is -0.356 e. The van der Waals surface area contributed by atoms with Gasteiger partial charge in [0.2, 0.25) is 0 Å². The average Bonchev–Trinajstić information content (AvgIpc) is 3.14. The number of piperidine rings is 1. The molecule has 0 spiro atoms. The van der Waals surface area contributed by atoms with Crippen molar-refractivity contribution in [1.82, 2.24) is 25.1 Å². The second kappa shape index (κ2) is 10.4. The highest BCUT2D eigenvalue weighted by Gasteiger charge is 2.14. The second-order valence-electron chi connectivity index (χ2n) is 7.86. The number of imidazole rings is 1. The van der Waals surface area contributed by atoms with Gasteiger partial charge in [0.05, 0.1) is 5.69 Å². The molecule has 7 heteroatoms. The number of nitrogens with zero attached hydrogens (tertiary/aromatic N) is 4. The van der Waals surface area contributed by atoms with Crippen LogP contribution in [0.5, 0.6) is 0 Å². The first-order valence-electron chi connectivity index (χ1n) is 10.5. The van der Waals surface area contributed by atoms with Crippen LogP contribution in [0.1, 0.15) is 37.6 Å². The number of hydrogen-bond donors (Lipinski definition) is 2. The highest BCUT2D eigenvalue weighted by atomic mass is 19.1. The molecule has 0 amide bonds. The standard InChI is InChI=1S/C22H33FN6/c1-17-7-12-28(13-8-17)11-4-9-26-22(24-3)27-16-19-5-6-21(20(23)15-19)29-14-10-25-18(29)2/h5-6,10,14-15,17H,4,7-9,11-13,16H2,1-3H3,(H2,24,26,27). The van der Waals surface area contributed by atoms with E-state index in [-0.39, 0.29) is 5.82 Å². The van der Waals surface area contributed by atoms with Crippen molar-refractivity contribution in [3.8, 4) is 5.69 Å². The number of halogens is 1. The quantitative estimate of drug-likeness (QED) is 0.426. The number of aryl methyl sites for hydroxylation is 1. The van der Waals surface area contributed by atoms with Gasteiger partial charge in [0.25, 0.3) is 0 Å². The molecule has 0 unspecified atom stereocenters. The van der Waals surface area contributed by atoms with Crippen LogP contribution in [0.15, 0.2) is 35.6 Å². The van der Waals surface area contributed by atoms with Crippen molar-refractivity contribution in [2.75, 3.05) is 33.2 Å². The molecule has 3 rings (SSSR count). The van der Waals surface area contributed by atoms with E-state index in [0.29, 0.717) is 12.2 Å². The van der Waals surface area contributed by atoms with E-state index in [4.69, 9.17) is 0 Å². The lowest BCUT2D eigenvalue weighted by atomic mass is 9.99. The molecule has 1 aromatic heterocycles. The van der Waals surface area contributed by atoms with Gasteiger partial charge >= 0.3 is 0 Å². The summed E-state index contributed by atoms with van der Waals surface area (Å²) >= 11 is 0. The molecular weight excluding hydrogens is 367 g/mol. The van der Waals surface area contributed by atoms with Crippen LogP contribution in [-0.4, -0.2) is 53.6 Å². The van der Waals surface area contributed by atoms with Crippen LogP contribution in [-0.2, 0) is 6.54 Å². The Kier molecular flexibility index (Phi) is 7.63. The molecule has 158 valence electrons. The SMILES string of the molecule is CN=C(NCCCN1CCC(C)CC1)NCc1ccc(-n2ccnc2C)c(F)c1. The van der Waals surface area contributed by atoms with Gasteiger partial charge in [0, 0.05) is 32.5 Å². The average molecular weight is 401 g/mol. The number of aromatic nitrogens is 2. The number of aliphatic imine (C=N–C) groups is 1. The molecule has 0 bridgehead atoms. The van der Waals surface area contributed by atoms with Crippen LogP contribution in [0, 0.1) is 18.7 Å². The monoisotopic (exact) mass is 400 g/mol. The Morgan fingerprint density at radius 2 is 2.07 bits per heavy atom. The van der Waals surface area contributed by atoms with E-state index in [0.717, 1.165) is 42.8 Å². The van der Waals surface area contributed by atoms with Gasteiger partial charge in [-0.3, -0.25) is 4.99 Å². The Hall–Kier alpha value is -2.41. The van der Waals surface area contributed by atoms with Crippen LogP contribution >= 0.6 is 0 Å². The van der Waals surface area contributed by atoms with Gasteiger partial charge in [-0.25, -0.2) is 9.37 Å². The van der Waals surface area contributed by atoms with Crippen molar-refractivity contribution in [2.24, 2.45) is 10.9 Å². The van der Waals surface area contributed by atoms with Crippen molar-refractivity contribution in [3.63, 3.8) is 0 Å². The zero-order valence-electron chi connectivity index (χ0n) is 17.8. The highest BCUT2D eigenvalue weighted by molar-refractivity contribution is 5.79. The first-order chi connectivity index (χ1) is 14.1. The summed E-state index contributed by atoms with van der Waals surface area (Å²) in [4.78, 5) is 11.0. The third-order valence-electron chi connectivity index (χ3n) is 5.60. The third-order valence-corrected chi connectivity index (χ3v) is 5.60. The first-order valence-corrected chi connectivity index (χ1v) is 10.5. The van der Waals surface area contributed by atoms with Crippen molar-refractivity contribution in [1.29, 1.82) is 0 Å². The number of rotatable bonds is 7. The maximum atomic E-state index is 14.5. The van der Waals surface area contributed by atoms with E-state index in [9.17, 15) is 4.39 Å². The molecule has 0 atom stereocenters. The van der Waals surface area contributed by atoms with Crippen molar-refractivity contribution >= 4 is 5.96 Å². The molecule has 0 saturated carbocycles. The largest absolute Gasteiger partial charge is 0.356 e. The maximum Gasteiger partial charge on any atom is 0.191 e. The lowest BCUT2D eigenvalue weighted by Crippen LogP contribution is -2.39. The van der Waals surface area contributed by atoms with Crippen LogP contribution in [0.2, 0.25) is 0 Å². The zero-order chi connectivity index (χ0) is 20.6. The molecule has 1 aromatic carbocycles. The lowest BCUT2D eigenvalue weighted by molar-refractivity contribution is 0.191. The molecule has 2 heterocycles. The van der Waals surface area contributed by atoms with E-state index < -0.39 is 0 Å². The molecule has 1 fully saturated rings. The summed E-state index contributed by atoms with van der Waals surface area (Å²) in [5.41, 5.74) is 1.38. The summed E-state index contributed by atoms with van der Waals surface area (Å²) in [5.74, 6) is 2.12. The lowest BCUT2D eigenvalue weighted by Gasteiger charge is -2.30. The van der Waals surface area contributed by atoms with E-state index in [1.54, 1.807) is 36.1 Å². The molecule has 0 aliphatic carbocycles. The normalized spacial score (nSPS) is 16.2. The summed E-state index contributed by atoms with van der Waals surface area (Å²) in [5, 5.41) is 6.61. The van der Waals surface area contributed by atoms with Crippen LogP contribution in [0.25, 0.3) is 5.69 Å². The van der Waals surface area contributed by atoms with E-state index in [2.05, 4.69) is 32.4 Å². The Bertz CT molecular complexity index is 807. The molecule has 2 aromatic rings. The van der Waals surface area contributed by atoms with Gasteiger partial charge < -0.3 is 20.1 Å². The molecule has 1 aliphatic heterocycles. The molecular formula is C22H33FN6. The molecule has 1 saturated heterocycles. The topological polar surface area (TPSA) is 57.5 Å². The molecule has 2 N–H and O–H groups in total. The fourth-order valence-electron chi connectivity index (χ4n) is 3.69. The van der Waals surface area contributed by atoms with Crippen molar-refractivity contribution in [3.05, 3.63) is 47.8 Å². The van der Waals surface area contributed by atoms with Gasteiger partial charge in [-0.2, -0.15) is 0 Å². The van der Waals surface area contributed by atoms with Gasteiger partial charge in [-0.05, 0) is 69.4 Å². The maximum absolute atomic E-state index is 14.5. The fourth-order valence-corrected chi connectivity index (χ4v) is 3.69. The predicted octanol–water partition coefficient (Wildman–Crippen LogP) is 3.11. The van der Waals surface area contributed by atoms with Gasteiger partial charge in [0.15, 0.2) is 5.96 Å². The summed E-state index contributed by atoms with van der Waals surface area (Å²) in [6, 6.07) is 5.28. The summed E-state index contributed by atoms with van der Waals surface area (Å²) in [7, 11) is 1.76. The Balaban J connectivity index is 1.42. The third kappa shape index (κ3) is 6.03. The first kappa shape index (κ1) is 21.3. The zero-order valence-corrected chi connectivity index (χ0v) is 17.8. The van der Waals surface area contributed by atoms with Crippen molar-refractivity contribution in [2.45, 2.75) is 39.7 Å². The predicted molar refractivity (Wildman–Crippen MR) is 116 cm³/mol. The van der Waals surface area contributed by atoms with Crippen LogP contribution < -0.4 is 10.6 Å². The fraction of sp³-hybridized carbons (Fsp3) is 0.545. The number of likely N-dealkylation sites (tertiary alicyclic amines) is 1. The van der Waals surface area contributed by atoms with E-state index >= 15 is 0 Å². The van der Waals surface area contributed by atoms with Gasteiger partial charge in [-0.15, -0.1) is 0 Å². The van der Waals surface area contributed by atoms with Crippen LogP contribution in [0.3, 0.4) is 0 Å². The van der Waals surface area contributed by atoms with E-state index in [1.807, 2.05) is 13.0 Å². The number of guanidine groups is 1. The minimum absolute atomic E-state index is 0.260. The molecule has 0 radical (unpaired) electrons. The number of benzene rings is 1. The Labute approximate surface area is 173 Å². The number of nitrogens with one attached hydrogen (secondary N) is 2. The molecule has 6 nitrogen and oxygen atoms in total. The van der Waals surface area contributed by atoms with Crippen molar-refractivity contribution < 1.29 is 4.39 Å². The highest BCUT2D eigenvalue weighted by Crippen LogP contribution is 2.17. The second-order valence-corrected chi connectivity index (χ2v) is 7.86. The Morgan fingerprint density at radius 1 is 1.28 bits per heavy atom. The summed E-state index contributed by atoms with van der Waals surface area (Å²) < 4.78 is 16.3. The van der Waals surface area contributed by atoms with E-state index in [1.165, 1.54) is 25.9 Å².